The number of nitrogens with zero attached hydrogens (tertiary/aromatic N) is 1. The van der Waals surface area contributed by atoms with E-state index >= 15 is 0 Å². The smallest absolute Gasteiger partial charge is 0.128 e. The number of hydrogen-bond donors (Lipinski definition) is 1. The zero-order valence-corrected chi connectivity index (χ0v) is 13.0. The lowest BCUT2D eigenvalue weighted by Crippen LogP contribution is -2.41. The summed E-state index contributed by atoms with van der Waals surface area (Å²) in [6.07, 6.45) is 3.17. The molecule has 1 fully saturated rings. The molecule has 1 aliphatic heterocycles. The Hall–Kier alpha value is -0.640. The average molecular weight is 299 g/mol. The molecule has 2 rings (SSSR count). The van der Waals surface area contributed by atoms with Gasteiger partial charge < -0.3 is 5.73 Å². The highest BCUT2D eigenvalue weighted by atomic mass is 35.5. The van der Waals surface area contributed by atoms with Gasteiger partial charge in [-0.15, -0.1) is 0 Å². The van der Waals surface area contributed by atoms with Crippen molar-refractivity contribution in [1.29, 1.82) is 0 Å². The standard InChI is InChI=1S/C16H24ClFN2/c1-11(2)10-20-8-4-3-5-15(19)16(20)13-9-12(17)6-7-14(13)18/h6-7,9,11,15-16H,3-5,8,10,19H2,1-2H3. The molecule has 0 radical (unpaired) electrons. The minimum Gasteiger partial charge on any atom is -0.326 e. The maximum absolute atomic E-state index is 14.2. The normalized spacial score (nSPS) is 24.9. The molecular weight excluding hydrogens is 275 g/mol. The second-order valence-electron chi connectivity index (χ2n) is 6.16. The molecule has 4 heteroatoms. The molecule has 20 heavy (non-hydrogen) atoms. The van der Waals surface area contributed by atoms with Crippen LogP contribution in [0, 0.1) is 11.7 Å². The Balaban J connectivity index is 2.36. The Bertz CT molecular complexity index is 450. The fraction of sp³-hybridized carbons (Fsp3) is 0.625. The van der Waals surface area contributed by atoms with Crippen LogP contribution in [0.3, 0.4) is 0 Å². The van der Waals surface area contributed by atoms with Crippen molar-refractivity contribution in [1.82, 2.24) is 4.90 Å². The first-order chi connectivity index (χ1) is 9.49. The zero-order valence-electron chi connectivity index (χ0n) is 12.3. The molecule has 2 atom stereocenters. The van der Waals surface area contributed by atoms with E-state index in [0.29, 0.717) is 16.5 Å². The van der Waals surface area contributed by atoms with Crippen LogP contribution in [-0.2, 0) is 0 Å². The maximum atomic E-state index is 14.2. The summed E-state index contributed by atoms with van der Waals surface area (Å²) in [7, 11) is 0. The van der Waals surface area contributed by atoms with Gasteiger partial charge in [0.25, 0.3) is 0 Å². The Labute approximate surface area is 126 Å². The van der Waals surface area contributed by atoms with Crippen LogP contribution in [0.2, 0.25) is 5.02 Å². The fourth-order valence-electron chi connectivity index (χ4n) is 3.11. The molecule has 1 aromatic carbocycles. The minimum atomic E-state index is -0.203. The lowest BCUT2D eigenvalue weighted by molar-refractivity contribution is 0.162. The lowest BCUT2D eigenvalue weighted by atomic mass is 9.95. The molecule has 0 aromatic heterocycles. The van der Waals surface area contributed by atoms with E-state index in [-0.39, 0.29) is 17.9 Å². The van der Waals surface area contributed by atoms with Crippen LogP contribution in [0.25, 0.3) is 0 Å². The van der Waals surface area contributed by atoms with Crippen LogP contribution in [0.4, 0.5) is 4.39 Å². The molecular formula is C16H24ClFN2. The van der Waals surface area contributed by atoms with E-state index in [1.807, 2.05) is 0 Å². The molecule has 0 aliphatic carbocycles. The lowest BCUT2D eigenvalue weighted by Gasteiger charge is -2.35. The first-order valence-corrected chi connectivity index (χ1v) is 7.81. The van der Waals surface area contributed by atoms with Crippen molar-refractivity contribution in [2.75, 3.05) is 13.1 Å². The second kappa shape index (κ2) is 6.88. The van der Waals surface area contributed by atoms with Crippen molar-refractivity contribution >= 4 is 11.6 Å². The third-order valence-electron chi connectivity index (χ3n) is 3.91. The van der Waals surface area contributed by atoms with Gasteiger partial charge in [0.15, 0.2) is 0 Å². The first-order valence-electron chi connectivity index (χ1n) is 7.43. The molecule has 0 amide bonds. The SMILES string of the molecule is CC(C)CN1CCCCC(N)C1c1cc(Cl)ccc1F. The van der Waals surface area contributed by atoms with Gasteiger partial charge >= 0.3 is 0 Å². The van der Waals surface area contributed by atoms with Crippen LogP contribution in [-0.4, -0.2) is 24.0 Å². The summed E-state index contributed by atoms with van der Waals surface area (Å²) in [4.78, 5) is 2.33. The quantitative estimate of drug-likeness (QED) is 0.914. The Morgan fingerprint density at radius 1 is 1.40 bits per heavy atom. The number of benzene rings is 1. The predicted molar refractivity (Wildman–Crippen MR) is 82.4 cm³/mol. The molecule has 2 N–H and O–H groups in total. The Morgan fingerprint density at radius 3 is 2.85 bits per heavy atom. The molecule has 1 heterocycles. The molecule has 0 saturated carbocycles. The highest BCUT2D eigenvalue weighted by Crippen LogP contribution is 2.33. The van der Waals surface area contributed by atoms with Crippen LogP contribution in [0.15, 0.2) is 18.2 Å². The largest absolute Gasteiger partial charge is 0.326 e. The third kappa shape index (κ3) is 3.72. The molecule has 1 saturated heterocycles. The van der Waals surface area contributed by atoms with E-state index in [9.17, 15) is 4.39 Å². The van der Waals surface area contributed by atoms with E-state index in [4.69, 9.17) is 17.3 Å². The Morgan fingerprint density at radius 2 is 2.15 bits per heavy atom. The van der Waals surface area contributed by atoms with Gasteiger partial charge in [-0.3, -0.25) is 4.90 Å². The van der Waals surface area contributed by atoms with Crippen molar-refractivity contribution in [2.24, 2.45) is 11.7 Å². The molecule has 0 spiro atoms. The van der Waals surface area contributed by atoms with Crippen molar-refractivity contribution in [3.63, 3.8) is 0 Å². The second-order valence-corrected chi connectivity index (χ2v) is 6.60. The maximum Gasteiger partial charge on any atom is 0.128 e. The van der Waals surface area contributed by atoms with Gasteiger partial charge in [-0.2, -0.15) is 0 Å². The third-order valence-corrected chi connectivity index (χ3v) is 4.14. The number of rotatable bonds is 3. The van der Waals surface area contributed by atoms with Crippen molar-refractivity contribution in [3.05, 3.63) is 34.6 Å². The van der Waals surface area contributed by atoms with Crippen LogP contribution in [0.5, 0.6) is 0 Å². The highest BCUT2D eigenvalue weighted by Gasteiger charge is 2.31. The summed E-state index contributed by atoms with van der Waals surface area (Å²) in [5.74, 6) is 0.329. The molecule has 1 aromatic rings. The van der Waals surface area contributed by atoms with E-state index in [1.165, 1.54) is 6.07 Å². The molecule has 1 aliphatic rings. The minimum absolute atomic E-state index is 0.0378. The van der Waals surface area contributed by atoms with Gasteiger partial charge in [0.05, 0.1) is 6.04 Å². The number of hydrogen-bond acceptors (Lipinski definition) is 2. The van der Waals surface area contributed by atoms with Gasteiger partial charge in [-0.1, -0.05) is 31.9 Å². The first kappa shape index (κ1) is 15.7. The van der Waals surface area contributed by atoms with E-state index < -0.39 is 0 Å². The average Bonchev–Trinajstić information content (AvgIpc) is 2.54. The predicted octanol–water partition coefficient (Wildman–Crippen LogP) is 3.99. The van der Waals surface area contributed by atoms with E-state index in [2.05, 4.69) is 18.7 Å². The van der Waals surface area contributed by atoms with Crippen molar-refractivity contribution < 1.29 is 4.39 Å². The van der Waals surface area contributed by atoms with Gasteiger partial charge in [-0.05, 0) is 43.5 Å². The monoisotopic (exact) mass is 298 g/mol. The van der Waals surface area contributed by atoms with Crippen LogP contribution in [0.1, 0.15) is 44.7 Å². The fourth-order valence-corrected chi connectivity index (χ4v) is 3.29. The van der Waals surface area contributed by atoms with E-state index in [0.717, 1.165) is 32.4 Å². The van der Waals surface area contributed by atoms with Crippen LogP contribution < -0.4 is 5.73 Å². The number of likely N-dealkylation sites (tertiary alicyclic amines) is 1. The molecule has 2 unspecified atom stereocenters. The van der Waals surface area contributed by atoms with Gasteiger partial charge in [0.2, 0.25) is 0 Å². The highest BCUT2D eigenvalue weighted by molar-refractivity contribution is 6.30. The molecule has 0 bridgehead atoms. The van der Waals surface area contributed by atoms with E-state index in [1.54, 1.807) is 12.1 Å². The van der Waals surface area contributed by atoms with Crippen molar-refractivity contribution in [2.45, 2.75) is 45.2 Å². The van der Waals surface area contributed by atoms with Crippen LogP contribution >= 0.6 is 11.6 Å². The number of halogens is 2. The summed E-state index contributed by atoms with van der Waals surface area (Å²) < 4.78 is 14.2. The molecule has 2 nitrogen and oxygen atoms in total. The van der Waals surface area contributed by atoms with Crippen molar-refractivity contribution in [3.8, 4) is 0 Å². The summed E-state index contributed by atoms with van der Waals surface area (Å²) >= 11 is 6.05. The van der Waals surface area contributed by atoms with Gasteiger partial charge in [0.1, 0.15) is 5.82 Å². The summed E-state index contributed by atoms with van der Waals surface area (Å²) in [6, 6.07) is 4.67. The zero-order chi connectivity index (χ0) is 14.7. The molecule has 112 valence electrons. The summed E-state index contributed by atoms with van der Waals surface area (Å²) in [6.45, 7) is 6.27. The van der Waals surface area contributed by atoms with Gasteiger partial charge in [0, 0.05) is 23.2 Å². The Kier molecular flexibility index (Phi) is 5.42. The topological polar surface area (TPSA) is 29.3 Å². The number of nitrogens with two attached hydrogens (primary N) is 1. The summed E-state index contributed by atoms with van der Waals surface area (Å²) in [5, 5.41) is 0.572. The van der Waals surface area contributed by atoms with Gasteiger partial charge in [-0.25, -0.2) is 4.39 Å². The summed E-state index contributed by atoms with van der Waals surface area (Å²) in [5.41, 5.74) is 6.99.